The van der Waals surface area contributed by atoms with Gasteiger partial charge in [0.15, 0.2) is 5.82 Å². The molecule has 2 heterocycles. The highest BCUT2D eigenvalue weighted by Gasteiger charge is 2.22. The Bertz CT molecular complexity index is 820. The smallest absolute Gasteiger partial charge is 0.161 e. The highest BCUT2D eigenvalue weighted by Crippen LogP contribution is 2.24. The highest BCUT2D eigenvalue weighted by molar-refractivity contribution is 5.56. The van der Waals surface area contributed by atoms with Gasteiger partial charge >= 0.3 is 0 Å². The average molecular weight is 334 g/mol. The van der Waals surface area contributed by atoms with Gasteiger partial charge in [0.2, 0.25) is 0 Å². The number of nitrogens with one attached hydrogen (secondary N) is 1. The standard InChI is InChI=1S/C20H22N4O/c1-15-14-18(24-19(23-15)16-8-11-21-12-9-16)22-13-10-20(2,25)17-6-4-3-5-7-17/h3-9,11-12,14,25H,10,13H2,1-2H3,(H,22,23,24). The quantitative estimate of drug-likeness (QED) is 0.721. The normalized spacial score (nSPS) is 13.2. The summed E-state index contributed by atoms with van der Waals surface area (Å²) in [5.41, 5.74) is 1.84. The van der Waals surface area contributed by atoms with E-state index in [1.807, 2.05) is 62.4 Å². The number of aryl methyl sites for hydroxylation is 1. The third-order valence-electron chi connectivity index (χ3n) is 4.11. The van der Waals surface area contributed by atoms with Crippen molar-refractivity contribution in [3.05, 3.63) is 72.2 Å². The molecule has 1 atom stereocenters. The second-order valence-electron chi connectivity index (χ2n) is 6.27. The summed E-state index contributed by atoms with van der Waals surface area (Å²) < 4.78 is 0. The molecule has 1 aromatic carbocycles. The summed E-state index contributed by atoms with van der Waals surface area (Å²) in [6.45, 7) is 4.38. The van der Waals surface area contributed by atoms with Crippen molar-refractivity contribution < 1.29 is 5.11 Å². The molecule has 0 aliphatic rings. The van der Waals surface area contributed by atoms with Gasteiger partial charge in [0.1, 0.15) is 5.82 Å². The summed E-state index contributed by atoms with van der Waals surface area (Å²) >= 11 is 0. The summed E-state index contributed by atoms with van der Waals surface area (Å²) in [6, 6.07) is 15.4. The molecule has 128 valence electrons. The monoisotopic (exact) mass is 334 g/mol. The summed E-state index contributed by atoms with van der Waals surface area (Å²) in [4.78, 5) is 13.1. The van der Waals surface area contributed by atoms with E-state index in [4.69, 9.17) is 0 Å². The fourth-order valence-corrected chi connectivity index (χ4v) is 2.66. The predicted molar refractivity (Wildman–Crippen MR) is 99.1 cm³/mol. The fraction of sp³-hybridized carbons (Fsp3) is 0.250. The molecule has 5 heteroatoms. The van der Waals surface area contributed by atoms with Crippen LogP contribution in [0.25, 0.3) is 11.4 Å². The van der Waals surface area contributed by atoms with E-state index < -0.39 is 5.60 Å². The number of rotatable bonds is 6. The lowest BCUT2D eigenvalue weighted by Gasteiger charge is -2.24. The molecule has 0 spiro atoms. The van der Waals surface area contributed by atoms with Gasteiger partial charge < -0.3 is 10.4 Å². The van der Waals surface area contributed by atoms with Crippen molar-refractivity contribution in [3.8, 4) is 11.4 Å². The SMILES string of the molecule is Cc1cc(NCCC(C)(O)c2ccccc2)nc(-c2ccncc2)n1. The van der Waals surface area contributed by atoms with Crippen LogP contribution in [-0.2, 0) is 5.60 Å². The van der Waals surface area contributed by atoms with Crippen molar-refractivity contribution in [3.63, 3.8) is 0 Å². The molecular formula is C20H22N4O. The minimum absolute atomic E-state index is 0.574. The first-order valence-corrected chi connectivity index (χ1v) is 8.32. The van der Waals surface area contributed by atoms with Crippen molar-refractivity contribution in [2.24, 2.45) is 0 Å². The van der Waals surface area contributed by atoms with Gasteiger partial charge in [-0.05, 0) is 38.0 Å². The number of aromatic nitrogens is 3. The largest absolute Gasteiger partial charge is 0.385 e. The van der Waals surface area contributed by atoms with E-state index in [0.717, 1.165) is 22.6 Å². The van der Waals surface area contributed by atoms with Gasteiger partial charge in [-0.3, -0.25) is 4.98 Å². The van der Waals surface area contributed by atoms with Gasteiger partial charge in [-0.15, -0.1) is 0 Å². The third kappa shape index (κ3) is 4.39. The zero-order valence-corrected chi connectivity index (χ0v) is 14.5. The van der Waals surface area contributed by atoms with E-state index in [2.05, 4.69) is 20.3 Å². The van der Waals surface area contributed by atoms with Crippen molar-refractivity contribution >= 4 is 5.82 Å². The minimum atomic E-state index is -0.885. The lowest BCUT2D eigenvalue weighted by Crippen LogP contribution is -2.24. The Balaban J connectivity index is 1.69. The van der Waals surface area contributed by atoms with Crippen molar-refractivity contribution in [2.45, 2.75) is 25.9 Å². The van der Waals surface area contributed by atoms with Crippen LogP contribution >= 0.6 is 0 Å². The molecule has 1 unspecified atom stereocenters. The number of hydrogen-bond donors (Lipinski definition) is 2. The first kappa shape index (κ1) is 17.0. The van der Waals surface area contributed by atoms with E-state index in [0.29, 0.717) is 18.8 Å². The third-order valence-corrected chi connectivity index (χ3v) is 4.11. The van der Waals surface area contributed by atoms with E-state index in [-0.39, 0.29) is 0 Å². The molecule has 2 aromatic heterocycles. The van der Waals surface area contributed by atoms with E-state index in [1.54, 1.807) is 12.4 Å². The van der Waals surface area contributed by atoms with E-state index in [1.165, 1.54) is 0 Å². The summed E-state index contributed by atoms with van der Waals surface area (Å²) in [7, 11) is 0. The Morgan fingerprint density at radius 2 is 1.76 bits per heavy atom. The van der Waals surface area contributed by atoms with Gasteiger partial charge in [-0.25, -0.2) is 9.97 Å². The van der Waals surface area contributed by atoms with Crippen LogP contribution in [0.1, 0.15) is 24.6 Å². The molecule has 2 N–H and O–H groups in total. The molecule has 3 rings (SSSR count). The van der Waals surface area contributed by atoms with Gasteiger partial charge in [0.05, 0.1) is 5.60 Å². The lowest BCUT2D eigenvalue weighted by atomic mass is 9.93. The molecule has 25 heavy (non-hydrogen) atoms. The molecule has 0 fully saturated rings. The van der Waals surface area contributed by atoms with Gasteiger partial charge in [0.25, 0.3) is 0 Å². The Kier molecular flexibility index (Phi) is 5.05. The number of anilines is 1. The molecule has 0 amide bonds. The van der Waals surface area contributed by atoms with Gasteiger partial charge in [-0.1, -0.05) is 30.3 Å². The van der Waals surface area contributed by atoms with Gasteiger partial charge in [-0.2, -0.15) is 0 Å². The molecule has 5 nitrogen and oxygen atoms in total. The van der Waals surface area contributed by atoms with Crippen LogP contribution in [0.4, 0.5) is 5.82 Å². The van der Waals surface area contributed by atoms with Crippen LogP contribution in [0.5, 0.6) is 0 Å². The second-order valence-corrected chi connectivity index (χ2v) is 6.27. The molecular weight excluding hydrogens is 312 g/mol. The highest BCUT2D eigenvalue weighted by atomic mass is 16.3. The second kappa shape index (κ2) is 7.40. The van der Waals surface area contributed by atoms with Crippen molar-refractivity contribution in [1.29, 1.82) is 0 Å². The fourth-order valence-electron chi connectivity index (χ4n) is 2.66. The zero-order valence-electron chi connectivity index (χ0n) is 14.5. The molecule has 0 radical (unpaired) electrons. The maximum atomic E-state index is 10.7. The van der Waals surface area contributed by atoms with Crippen LogP contribution in [-0.4, -0.2) is 26.6 Å². The van der Waals surface area contributed by atoms with Crippen molar-refractivity contribution in [2.75, 3.05) is 11.9 Å². The molecule has 0 aliphatic heterocycles. The Hall–Kier alpha value is -2.79. The van der Waals surface area contributed by atoms with E-state index in [9.17, 15) is 5.11 Å². The summed E-state index contributed by atoms with van der Waals surface area (Å²) in [6.07, 6.45) is 4.03. The van der Waals surface area contributed by atoms with Crippen molar-refractivity contribution in [1.82, 2.24) is 15.0 Å². The molecule has 0 saturated carbocycles. The predicted octanol–water partition coefficient (Wildman–Crippen LogP) is 3.56. The molecule has 0 bridgehead atoms. The summed E-state index contributed by atoms with van der Waals surface area (Å²) in [5, 5.41) is 14.0. The Labute approximate surface area is 147 Å². The Morgan fingerprint density at radius 1 is 1.04 bits per heavy atom. The topological polar surface area (TPSA) is 70.9 Å². The minimum Gasteiger partial charge on any atom is -0.385 e. The van der Waals surface area contributed by atoms with E-state index >= 15 is 0 Å². The number of benzene rings is 1. The zero-order chi connectivity index (χ0) is 17.7. The number of aliphatic hydroxyl groups is 1. The molecule has 3 aromatic rings. The van der Waals surface area contributed by atoms with Crippen LogP contribution in [0.2, 0.25) is 0 Å². The number of nitrogens with zero attached hydrogens (tertiary/aromatic N) is 3. The average Bonchev–Trinajstić information content (AvgIpc) is 2.63. The molecule has 0 saturated heterocycles. The Morgan fingerprint density at radius 3 is 2.48 bits per heavy atom. The molecule has 0 aliphatic carbocycles. The van der Waals surface area contributed by atoms with Crippen LogP contribution in [0, 0.1) is 6.92 Å². The maximum Gasteiger partial charge on any atom is 0.161 e. The van der Waals surface area contributed by atoms with Crippen LogP contribution < -0.4 is 5.32 Å². The number of hydrogen-bond acceptors (Lipinski definition) is 5. The first-order chi connectivity index (χ1) is 12.0. The first-order valence-electron chi connectivity index (χ1n) is 8.32. The maximum absolute atomic E-state index is 10.7. The number of pyridine rings is 1. The van der Waals surface area contributed by atoms with Gasteiger partial charge in [0, 0.05) is 36.3 Å². The summed E-state index contributed by atoms with van der Waals surface area (Å²) in [5.74, 6) is 1.42. The lowest BCUT2D eigenvalue weighted by molar-refractivity contribution is 0.0515. The van der Waals surface area contributed by atoms with Crippen LogP contribution in [0.3, 0.4) is 0 Å². The van der Waals surface area contributed by atoms with Crippen LogP contribution in [0.15, 0.2) is 60.9 Å².